The number of amides is 1. The van der Waals surface area contributed by atoms with Crippen LogP contribution in [0.1, 0.15) is 10.4 Å². The van der Waals surface area contributed by atoms with Crippen molar-refractivity contribution in [2.24, 2.45) is 4.99 Å². The maximum absolute atomic E-state index is 12.7. The number of aryl methyl sites for hydroxylation is 1. The van der Waals surface area contributed by atoms with Gasteiger partial charge in [-0.25, -0.2) is 8.42 Å². The van der Waals surface area contributed by atoms with Crippen LogP contribution >= 0.6 is 23.1 Å². The lowest BCUT2D eigenvalue weighted by Gasteiger charge is -2.04. The third kappa shape index (κ3) is 4.05. The van der Waals surface area contributed by atoms with Gasteiger partial charge in [-0.2, -0.15) is 16.8 Å². The van der Waals surface area contributed by atoms with Crippen molar-refractivity contribution in [2.45, 2.75) is 11.4 Å². The number of aromatic nitrogens is 1. The summed E-state index contributed by atoms with van der Waals surface area (Å²) in [6.07, 6.45) is 3.15. The summed E-state index contributed by atoms with van der Waals surface area (Å²) in [5.41, 5.74) is 1.27. The summed E-state index contributed by atoms with van der Waals surface area (Å²) in [6, 6.07) is 9.63. The van der Waals surface area contributed by atoms with Crippen LogP contribution in [0.25, 0.3) is 10.2 Å². The Bertz CT molecular complexity index is 1260. The van der Waals surface area contributed by atoms with Gasteiger partial charge in [-0.05, 0) is 30.5 Å². The van der Waals surface area contributed by atoms with Crippen molar-refractivity contribution in [3.8, 4) is 11.5 Å². The summed E-state index contributed by atoms with van der Waals surface area (Å²) in [5, 5.41) is 0. The second kappa shape index (κ2) is 7.85. The van der Waals surface area contributed by atoms with E-state index in [9.17, 15) is 13.2 Å². The highest BCUT2D eigenvalue weighted by Crippen LogP contribution is 2.37. The van der Waals surface area contributed by atoms with Gasteiger partial charge >= 0.3 is 0 Å². The normalized spacial score (nSPS) is 13.9. The maximum atomic E-state index is 12.7. The number of nitrogens with zero attached hydrogens (tertiary/aromatic N) is 2. The van der Waals surface area contributed by atoms with E-state index in [-0.39, 0.29) is 11.7 Å². The van der Waals surface area contributed by atoms with Gasteiger partial charge in [0.25, 0.3) is 5.91 Å². The van der Waals surface area contributed by atoms with Gasteiger partial charge in [0.05, 0.1) is 15.1 Å². The molecule has 29 heavy (non-hydrogen) atoms. The van der Waals surface area contributed by atoms with Crippen LogP contribution in [0, 0.1) is 0 Å². The van der Waals surface area contributed by atoms with E-state index in [2.05, 4.69) is 4.99 Å². The molecule has 1 aliphatic rings. The van der Waals surface area contributed by atoms with Crippen LogP contribution in [-0.2, 0) is 16.4 Å². The largest absolute Gasteiger partial charge is 0.454 e. The molecule has 4 rings (SSSR count). The fourth-order valence-corrected chi connectivity index (χ4v) is 5.00. The molecule has 0 fully saturated rings. The van der Waals surface area contributed by atoms with Crippen molar-refractivity contribution in [2.75, 3.05) is 25.1 Å². The smallest absolute Gasteiger partial charge is 0.279 e. The molecule has 2 heterocycles. The number of carbonyl (C=O) groups excluding carboxylic acids is 1. The fraction of sp³-hybridized carbons (Fsp3) is 0.263. The Labute approximate surface area is 175 Å². The molecule has 0 bridgehead atoms. The van der Waals surface area contributed by atoms with Crippen LogP contribution in [-0.4, -0.2) is 43.9 Å². The van der Waals surface area contributed by atoms with E-state index >= 15 is 0 Å². The SMILES string of the molecule is CSCCn1c(=NC(=O)c2ccc(S(C)(=O)=O)cc2)sc2cc3c(cc21)OCO3. The third-order valence-electron chi connectivity index (χ3n) is 4.42. The Morgan fingerprint density at radius 1 is 1.21 bits per heavy atom. The number of hydrogen-bond acceptors (Lipinski definition) is 7. The molecule has 0 atom stereocenters. The summed E-state index contributed by atoms with van der Waals surface area (Å²) in [7, 11) is -3.31. The number of fused-ring (bicyclic) bond motifs is 2. The van der Waals surface area contributed by atoms with E-state index in [0.717, 1.165) is 22.2 Å². The highest BCUT2D eigenvalue weighted by atomic mass is 32.2. The van der Waals surface area contributed by atoms with E-state index in [1.165, 1.54) is 35.6 Å². The second-order valence-electron chi connectivity index (χ2n) is 6.42. The first-order valence-electron chi connectivity index (χ1n) is 8.68. The van der Waals surface area contributed by atoms with Gasteiger partial charge in [0.2, 0.25) is 6.79 Å². The van der Waals surface area contributed by atoms with Gasteiger partial charge in [-0.1, -0.05) is 11.3 Å². The molecule has 0 aliphatic carbocycles. The molecule has 1 amide bonds. The molecule has 0 radical (unpaired) electrons. The van der Waals surface area contributed by atoms with Gasteiger partial charge in [0.1, 0.15) is 0 Å². The van der Waals surface area contributed by atoms with Crippen molar-refractivity contribution in [1.82, 2.24) is 4.57 Å². The molecule has 152 valence electrons. The zero-order chi connectivity index (χ0) is 20.6. The number of thioether (sulfide) groups is 1. The van der Waals surface area contributed by atoms with Crippen molar-refractivity contribution >= 4 is 49.1 Å². The summed E-state index contributed by atoms with van der Waals surface area (Å²) >= 11 is 3.11. The van der Waals surface area contributed by atoms with Gasteiger partial charge in [-0.3, -0.25) is 4.79 Å². The number of benzene rings is 2. The molecular formula is C19H18N2O5S3. The lowest BCUT2D eigenvalue weighted by atomic mass is 10.2. The minimum absolute atomic E-state index is 0.167. The summed E-state index contributed by atoms with van der Waals surface area (Å²) in [4.78, 5) is 17.8. The van der Waals surface area contributed by atoms with Gasteiger partial charge in [0.15, 0.2) is 26.1 Å². The first-order chi connectivity index (χ1) is 13.9. The predicted octanol–water partition coefficient (Wildman–Crippen LogP) is 2.94. The Kier molecular flexibility index (Phi) is 5.41. The number of sulfone groups is 1. The Hall–Kier alpha value is -2.30. The van der Waals surface area contributed by atoms with Crippen LogP contribution < -0.4 is 14.3 Å². The monoisotopic (exact) mass is 450 g/mol. The molecule has 3 aromatic rings. The van der Waals surface area contributed by atoms with Crippen LogP contribution in [0.4, 0.5) is 0 Å². The van der Waals surface area contributed by atoms with Gasteiger partial charge in [-0.15, -0.1) is 0 Å². The van der Waals surface area contributed by atoms with Crippen molar-refractivity contribution in [3.05, 3.63) is 46.8 Å². The second-order valence-corrected chi connectivity index (χ2v) is 10.4. The molecule has 0 spiro atoms. The van der Waals surface area contributed by atoms with E-state index in [1.807, 2.05) is 23.0 Å². The van der Waals surface area contributed by atoms with Crippen LogP contribution in [0.2, 0.25) is 0 Å². The number of thiazole rings is 1. The van der Waals surface area contributed by atoms with E-state index in [0.29, 0.717) is 28.4 Å². The van der Waals surface area contributed by atoms with Crippen LogP contribution in [0.15, 0.2) is 46.3 Å². The topological polar surface area (TPSA) is 87.0 Å². The Morgan fingerprint density at radius 3 is 2.55 bits per heavy atom. The van der Waals surface area contributed by atoms with Crippen molar-refractivity contribution < 1.29 is 22.7 Å². The minimum atomic E-state index is -3.31. The quantitative estimate of drug-likeness (QED) is 0.594. The third-order valence-corrected chi connectivity index (χ3v) is 7.18. The molecule has 1 aliphatic heterocycles. The standard InChI is InChI=1S/C19H18N2O5S3/c1-27-8-7-21-14-9-15-16(26-11-25-15)10-17(14)28-19(21)20-18(22)12-3-5-13(6-4-12)29(2,23)24/h3-6,9-10H,7-8,11H2,1-2H3. The Morgan fingerprint density at radius 2 is 1.90 bits per heavy atom. The summed E-state index contributed by atoms with van der Waals surface area (Å²) < 4.78 is 37.1. The van der Waals surface area contributed by atoms with E-state index < -0.39 is 15.7 Å². The van der Waals surface area contributed by atoms with Gasteiger partial charge in [0, 0.05) is 36.2 Å². The molecule has 0 saturated carbocycles. The maximum Gasteiger partial charge on any atom is 0.279 e. The number of carbonyl (C=O) groups is 1. The summed E-state index contributed by atoms with van der Waals surface area (Å²) in [5.74, 6) is 1.81. The minimum Gasteiger partial charge on any atom is -0.454 e. The molecule has 0 N–H and O–H groups in total. The summed E-state index contributed by atoms with van der Waals surface area (Å²) in [6.45, 7) is 0.899. The molecule has 10 heteroatoms. The molecule has 1 aromatic heterocycles. The molecule has 0 saturated heterocycles. The highest BCUT2D eigenvalue weighted by Gasteiger charge is 2.18. The number of ether oxygens (including phenoxy) is 2. The number of rotatable bonds is 5. The molecule has 0 unspecified atom stereocenters. The van der Waals surface area contributed by atoms with E-state index in [1.54, 1.807) is 11.8 Å². The highest BCUT2D eigenvalue weighted by molar-refractivity contribution is 7.98. The number of hydrogen-bond donors (Lipinski definition) is 0. The van der Waals surface area contributed by atoms with Crippen LogP contribution in [0.3, 0.4) is 0 Å². The van der Waals surface area contributed by atoms with Crippen LogP contribution in [0.5, 0.6) is 11.5 Å². The van der Waals surface area contributed by atoms with E-state index in [4.69, 9.17) is 9.47 Å². The van der Waals surface area contributed by atoms with Crippen molar-refractivity contribution in [3.63, 3.8) is 0 Å². The van der Waals surface area contributed by atoms with Crippen molar-refractivity contribution in [1.29, 1.82) is 0 Å². The first kappa shape index (κ1) is 20.0. The predicted molar refractivity (Wildman–Crippen MR) is 114 cm³/mol. The molecule has 7 nitrogen and oxygen atoms in total. The zero-order valence-corrected chi connectivity index (χ0v) is 18.2. The average molecular weight is 451 g/mol. The molecule has 2 aromatic carbocycles. The Balaban J connectivity index is 1.77. The lowest BCUT2D eigenvalue weighted by Crippen LogP contribution is -2.18. The lowest BCUT2D eigenvalue weighted by molar-refractivity contribution is 0.0997. The zero-order valence-electron chi connectivity index (χ0n) is 15.7. The first-order valence-corrected chi connectivity index (χ1v) is 12.8. The van der Waals surface area contributed by atoms with Gasteiger partial charge < -0.3 is 14.0 Å². The average Bonchev–Trinajstić information content (AvgIpc) is 3.27. The molecular weight excluding hydrogens is 432 g/mol. The fourth-order valence-electron chi connectivity index (χ4n) is 2.94.